The van der Waals surface area contributed by atoms with Crippen molar-refractivity contribution in [2.24, 2.45) is 5.92 Å². The van der Waals surface area contributed by atoms with E-state index in [9.17, 15) is 0 Å². The van der Waals surface area contributed by atoms with Gasteiger partial charge < -0.3 is 15.8 Å². The SMILES string of the molecule is Nc1nsc(NCCC2CCOC2)c1-c1cccnc1. The van der Waals surface area contributed by atoms with E-state index in [1.165, 1.54) is 18.0 Å². The van der Waals surface area contributed by atoms with E-state index in [1.807, 2.05) is 18.3 Å². The van der Waals surface area contributed by atoms with Gasteiger partial charge in [-0.25, -0.2) is 0 Å². The normalized spacial score (nSPS) is 18.3. The van der Waals surface area contributed by atoms with Crippen molar-refractivity contribution in [1.82, 2.24) is 9.36 Å². The van der Waals surface area contributed by atoms with E-state index >= 15 is 0 Å². The zero-order valence-corrected chi connectivity index (χ0v) is 12.0. The molecular weight excluding hydrogens is 272 g/mol. The van der Waals surface area contributed by atoms with Gasteiger partial charge in [0.05, 0.1) is 5.56 Å². The molecule has 5 nitrogen and oxygen atoms in total. The average molecular weight is 290 g/mol. The second kappa shape index (κ2) is 6.19. The molecule has 0 radical (unpaired) electrons. The first-order chi connectivity index (χ1) is 9.84. The molecule has 20 heavy (non-hydrogen) atoms. The van der Waals surface area contributed by atoms with Gasteiger partial charge in [0.2, 0.25) is 0 Å². The maximum absolute atomic E-state index is 5.98. The van der Waals surface area contributed by atoms with Gasteiger partial charge in [-0.3, -0.25) is 4.98 Å². The zero-order chi connectivity index (χ0) is 13.8. The molecule has 3 rings (SSSR count). The van der Waals surface area contributed by atoms with E-state index in [-0.39, 0.29) is 0 Å². The zero-order valence-electron chi connectivity index (χ0n) is 11.2. The standard InChI is InChI=1S/C14H18N4OS/c15-13-12(11-2-1-5-16-8-11)14(20-18-13)17-6-3-10-4-7-19-9-10/h1-2,5,8,10,17H,3-4,6-7,9H2,(H2,15,18). The fraction of sp³-hybridized carbons (Fsp3) is 0.429. The van der Waals surface area contributed by atoms with Crippen LogP contribution in [0.4, 0.5) is 10.8 Å². The number of rotatable bonds is 5. The number of anilines is 2. The number of hydrogen-bond donors (Lipinski definition) is 2. The Kier molecular flexibility index (Phi) is 4.13. The summed E-state index contributed by atoms with van der Waals surface area (Å²) in [5.74, 6) is 1.24. The smallest absolute Gasteiger partial charge is 0.147 e. The average Bonchev–Trinajstić information content (AvgIpc) is 3.10. The minimum Gasteiger partial charge on any atom is -0.382 e. The molecule has 1 saturated heterocycles. The minimum atomic E-state index is 0.565. The van der Waals surface area contributed by atoms with Crippen LogP contribution in [-0.2, 0) is 4.74 Å². The van der Waals surface area contributed by atoms with Gasteiger partial charge in [0, 0.05) is 37.7 Å². The molecule has 3 N–H and O–H groups in total. The number of nitrogens with one attached hydrogen (secondary N) is 1. The summed E-state index contributed by atoms with van der Waals surface area (Å²) in [7, 11) is 0. The number of pyridine rings is 1. The van der Waals surface area contributed by atoms with Crippen molar-refractivity contribution >= 4 is 22.4 Å². The number of nitrogen functional groups attached to an aromatic ring is 1. The van der Waals surface area contributed by atoms with Gasteiger partial charge in [0.1, 0.15) is 10.8 Å². The van der Waals surface area contributed by atoms with Crippen LogP contribution >= 0.6 is 11.5 Å². The fourth-order valence-electron chi connectivity index (χ4n) is 2.41. The molecular formula is C14H18N4OS. The summed E-state index contributed by atoms with van der Waals surface area (Å²) in [5, 5.41) is 4.47. The molecule has 0 spiro atoms. The van der Waals surface area contributed by atoms with E-state index < -0.39 is 0 Å². The predicted molar refractivity (Wildman–Crippen MR) is 81.8 cm³/mol. The third-order valence-electron chi connectivity index (χ3n) is 3.53. The number of nitrogens with zero attached hydrogens (tertiary/aromatic N) is 2. The summed E-state index contributed by atoms with van der Waals surface area (Å²) in [6.45, 7) is 2.71. The lowest BCUT2D eigenvalue weighted by atomic mass is 10.1. The largest absolute Gasteiger partial charge is 0.382 e. The molecule has 3 heterocycles. The second-order valence-electron chi connectivity index (χ2n) is 4.96. The first-order valence-electron chi connectivity index (χ1n) is 6.82. The molecule has 2 aromatic heterocycles. The number of nitrogens with two attached hydrogens (primary N) is 1. The van der Waals surface area contributed by atoms with E-state index in [2.05, 4.69) is 14.7 Å². The van der Waals surface area contributed by atoms with Gasteiger partial charge in [-0.1, -0.05) is 6.07 Å². The summed E-state index contributed by atoms with van der Waals surface area (Å²) < 4.78 is 9.64. The first-order valence-corrected chi connectivity index (χ1v) is 7.59. The molecule has 0 bridgehead atoms. The molecule has 1 fully saturated rings. The lowest BCUT2D eigenvalue weighted by Crippen LogP contribution is -2.08. The Hall–Kier alpha value is -1.66. The number of hydrogen-bond acceptors (Lipinski definition) is 6. The van der Waals surface area contributed by atoms with Crippen LogP contribution in [-0.4, -0.2) is 29.1 Å². The Morgan fingerprint density at radius 3 is 3.20 bits per heavy atom. The van der Waals surface area contributed by atoms with Crippen LogP contribution in [0, 0.1) is 5.92 Å². The summed E-state index contributed by atoms with van der Waals surface area (Å²) in [5.41, 5.74) is 7.95. The highest BCUT2D eigenvalue weighted by Gasteiger charge is 2.17. The summed E-state index contributed by atoms with van der Waals surface area (Å²) >= 11 is 1.41. The topological polar surface area (TPSA) is 73.1 Å². The molecule has 0 saturated carbocycles. The maximum Gasteiger partial charge on any atom is 0.147 e. The van der Waals surface area contributed by atoms with Crippen molar-refractivity contribution < 1.29 is 4.74 Å². The molecule has 2 aromatic rings. The van der Waals surface area contributed by atoms with E-state index in [4.69, 9.17) is 10.5 Å². The van der Waals surface area contributed by atoms with E-state index in [0.29, 0.717) is 11.7 Å². The van der Waals surface area contributed by atoms with Crippen LogP contribution in [0.1, 0.15) is 12.8 Å². The number of ether oxygens (including phenoxy) is 1. The lowest BCUT2D eigenvalue weighted by Gasteiger charge is -2.10. The second-order valence-corrected chi connectivity index (χ2v) is 5.73. The van der Waals surface area contributed by atoms with Crippen molar-refractivity contribution in [2.75, 3.05) is 30.8 Å². The van der Waals surface area contributed by atoms with E-state index in [0.717, 1.165) is 42.3 Å². The Bertz CT molecular complexity index is 552. The monoisotopic (exact) mass is 290 g/mol. The van der Waals surface area contributed by atoms with Crippen LogP contribution in [0.5, 0.6) is 0 Å². The predicted octanol–water partition coefficient (Wildman–Crippen LogP) is 2.63. The van der Waals surface area contributed by atoms with Crippen LogP contribution in [0.25, 0.3) is 11.1 Å². The third kappa shape index (κ3) is 2.91. The highest BCUT2D eigenvalue weighted by atomic mass is 32.1. The molecule has 6 heteroatoms. The lowest BCUT2D eigenvalue weighted by molar-refractivity contribution is 0.185. The van der Waals surface area contributed by atoms with Crippen LogP contribution in [0.15, 0.2) is 24.5 Å². The molecule has 1 atom stereocenters. The van der Waals surface area contributed by atoms with Gasteiger partial charge in [-0.15, -0.1) is 0 Å². The highest BCUT2D eigenvalue weighted by molar-refractivity contribution is 7.11. The van der Waals surface area contributed by atoms with Gasteiger partial charge >= 0.3 is 0 Å². The Balaban J connectivity index is 1.67. The Labute approximate surface area is 122 Å². The molecule has 0 aromatic carbocycles. The van der Waals surface area contributed by atoms with Gasteiger partial charge in [-0.2, -0.15) is 4.37 Å². The van der Waals surface area contributed by atoms with Crippen molar-refractivity contribution in [3.63, 3.8) is 0 Å². The van der Waals surface area contributed by atoms with Crippen molar-refractivity contribution in [1.29, 1.82) is 0 Å². The summed E-state index contributed by atoms with van der Waals surface area (Å²) in [6.07, 6.45) is 5.86. The van der Waals surface area contributed by atoms with Gasteiger partial charge in [0.15, 0.2) is 0 Å². The molecule has 1 aliphatic heterocycles. The van der Waals surface area contributed by atoms with Crippen LogP contribution in [0.2, 0.25) is 0 Å². The molecule has 0 aliphatic carbocycles. The van der Waals surface area contributed by atoms with Gasteiger partial charge in [-0.05, 0) is 36.4 Å². The highest BCUT2D eigenvalue weighted by Crippen LogP contribution is 2.36. The van der Waals surface area contributed by atoms with Crippen LogP contribution < -0.4 is 11.1 Å². The molecule has 1 unspecified atom stereocenters. The Morgan fingerprint density at radius 2 is 2.45 bits per heavy atom. The maximum atomic E-state index is 5.98. The molecule has 0 amide bonds. The third-order valence-corrected chi connectivity index (χ3v) is 4.35. The minimum absolute atomic E-state index is 0.565. The quantitative estimate of drug-likeness (QED) is 0.885. The number of aromatic nitrogens is 2. The molecule has 1 aliphatic rings. The van der Waals surface area contributed by atoms with Crippen molar-refractivity contribution in [3.05, 3.63) is 24.5 Å². The van der Waals surface area contributed by atoms with Gasteiger partial charge in [0.25, 0.3) is 0 Å². The van der Waals surface area contributed by atoms with Crippen LogP contribution in [0.3, 0.4) is 0 Å². The first kappa shape index (κ1) is 13.3. The van der Waals surface area contributed by atoms with Crippen molar-refractivity contribution in [2.45, 2.75) is 12.8 Å². The fourth-order valence-corrected chi connectivity index (χ4v) is 3.17. The Morgan fingerprint density at radius 1 is 1.50 bits per heavy atom. The molecule has 106 valence electrons. The van der Waals surface area contributed by atoms with E-state index in [1.54, 1.807) is 6.20 Å². The summed E-state index contributed by atoms with van der Waals surface area (Å²) in [4.78, 5) is 4.14. The van der Waals surface area contributed by atoms with Crippen molar-refractivity contribution in [3.8, 4) is 11.1 Å². The summed E-state index contributed by atoms with van der Waals surface area (Å²) in [6, 6.07) is 3.91.